The van der Waals surface area contributed by atoms with E-state index < -0.39 is 17.9 Å². The zero-order valence-electron chi connectivity index (χ0n) is 14.9. The number of unbranched alkanes of at least 4 members (excludes halogenated alkanes) is 1. The summed E-state index contributed by atoms with van der Waals surface area (Å²) in [6, 6.07) is 2.70. The second-order valence-corrected chi connectivity index (χ2v) is 6.93. The van der Waals surface area contributed by atoms with Gasteiger partial charge in [-0.25, -0.2) is 0 Å². The van der Waals surface area contributed by atoms with E-state index in [4.69, 9.17) is 9.47 Å². The lowest BCUT2D eigenvalue weighted by Crippen LogP contribution is -2.51. The van der Waals surface area contributed by atoms with Gasteiger partial charge in [-0.2, -0.15) is 0 Å². The highest BCUT2D eigenvalue weighted by molar-refractivity contribution is 5.98. The number of rotatable bonds is 5. The molecule has 7 nitrogen and oxygen atoms in total. The standard InChI is InChI=1S/C18H25N3O4/c1-4-5-9-20-16(22)14-15-13(24-18(2,3)25-15)11-21(14)17(23)12-7-6-8-19-10-12/h6-8,10,13-15H,4-5,9,11H2,1-3H3,(H,20,22)/t13-,14-,15-/m0/s1. The lowest BCUT2D eigenvalue weighted by atomic mass is 10.1. The molecule has 0 spiro atoms. The quantitative estimate of drug-likeness (QED) is 0.813. The third-order valence-corrected chi connectivity index (χ3v) is 4.51. The molecule has 3 atom stereocenters. The van der Waals surface area contributed by atoms with E-state index in [1.165, 1.54) is 6.20 Å². The Morgan fingerprint density at radius 2 is 2.20 bits per heavy atom. The van der Waals surface area contributed by atoms with Crippen LogP contribution in [0.25, 0.3) is 0 Å². The van der Waals surface area contributed by atoms with Crippen LogP contribution in [0.15, 0.2) is 24.5 Å². The fraction of sp³-hybridized carbons (Fsp3) is 0.611. The molecule has 0 bridgehead atoms. The van der Waals surface area contributed by atoms with Gasteiger partial charge in [-0.1, -0.05) is 13.3 Å². The number of hydrogen-bond donors (Lipinski definition) is 1. The van der Waals surface area contributed by atoms with Gasteiger partial charge in [-0.15, -0.1) is 0 Å². The first-order valence-corrected chi connectivity index (χ1v) is 8.77. The topological polar surface area (TPSA) is 80.8 Å². The number of amides is 2. The maximum absolute atomic E-state index is 12.9. The Labute approximate surface area is 147 Å². The smallest absolute Gasteiger partial charge is 0.256 e. The van der Waals surface area contributed by atoms with Crippen molar-refractivity contribution >= 4 is 11.8 Å². The third-order valence-electron chi connectivity index (χ3n) is 4.51. The van der Waals surface area contributed by atoms with E-state index in [2.05, 4.69) is 17.2 Å². The van der Waals surface area contributed by atoms with E-state index in [0.717, 1.165) is 12.8 Å². The minimum absolute atomic E-state index is 0.195. The van der Waals surface area contributed by atoms with Crippen LogP contribution in [0.3, 0.4) is 0 Å². The molecule has 7 heteroatoms. The van der Waals surface area contributed by atoms with Crippen molar-refractivity contribution in [3.8, 4) is 0 Å². The van der Waals surface area contributed by atoms with Crippen LogP contribution >= 0.6 is 0 Å². The molecule has 1 aromatic rings. The molecule has 2 amide bonds. The van der Waals surface area contributed by atoms with E-state index in [1.807, 2.05) is 13.8 Å². The molecule has 25 heavy (non-hydrogen) atoms. The SMILES string of the molecule is CCCCNC(=O)[C@@H]1[C@H]2OC(C)(C)O[C@H]2CN1C(=O)c1cccnc1. The van der Waals surface area contributed by atoms with Crippen LogP contribution in [0, 0.1) is 0 Å². The second-order valence-electron chi connectivity index (χ2n) is 6.93. The zero-order chi connectivity index (χ0) is 18.0. The van der Waals surface area contributed by atoms with Crippen LogP contribution in [0.2, 0.25) is 0 Å². The number of hydrogen-bond acceptors (Lipinski definition) is 5. The van der Waals surface area contributed by atoms with Crippen LogP contribution in [0.1, 0.15) is 44.0 Å². The highest BCUT2D eigenvalue weighted by Crippen LogP contribution is 2.37. The Kier molecular flexibility index (Phi) is 5.06. The minimum atomic E-state index is -0.749. The number of fused-ring (bicyclic) bond motifs is 1. The number of aromatic nitrogens is 1. The average Bonchev–Trinajstić information content (AvgIpc) is 3.06. The Bertz CT molecular complexity index is 634. The van der Waals surface area contributed by atoms with Gasteiger partial charge in [0, 0.05) is 18.9 Å². The van der Waals surface area contributed by atoms with Crippen molar-refractivity contribution in [2.45, 2.75) is 57.6 Å². The molecule has 0 unspecified atom stereocenters. The molecule has 136 valence electrons. The number of nitrogens with one attached hydrogen (secondary N) is 1. The second kappa shape index (κ2) is 7.09. The molecule has 3 rings (SSSR count). The summed E-state index contributed by atoms with van der Waals surface area (Å²) in [5.74, 6) is -1.18. The number of carbonyl (C=O) groups excluding carboxylic acids is 2. The number of pyridine rings is 1. The maximum atomic E-state index is 12.9. The summed E-state index contributed by atoms with van der Waals surface area (Å²) in [6.45, 7) is 6.62. The number of likely N-dealkylation sites (tertiary alicyclic amines) is 1. The molecule has 3 heterocycles. The summed E-state index contributed by atoms with van der Waals surface area (Å²) in [7, 11) is 0. The molecule has 2 fully saturated rings. The molecule has 2 saturated heterocycles. The van der Waals surface area contributed by atoms with Crippen molar-refractivity contribution in [3.63, 3.8) is 0 Å². The molecule has 1 N–H and O–H groups in total. The molecule has 0 radical (unpaired) electrons. The van der Waals surface area contributed by atoms with Crippen molar-refractivity contribution in [1.82, 2.24) is 15.2 Å². The fourth-order valence-electron chi connectivity index (χ4n) is 3.40. The van der Waals surface area contributed by atoms with E-state index >= 15 is 0 Å². The highest BCUT2D eigenvalue weighted by atomic mass is 16.8. The highest BCUT2D eigenvalue weighted by Gasteiger charge is 2.56. The Morgan fingerprint density at radius 3 is 2.88 bits per heavy atom. The van der Waals surface area contributed by atoms with Crippen molar-refractivity contribution < 1.29 is 19.1 Å². The van der Waals surface area contributed by atoms with Gasteiger partial charge in [-0.3, -0.25) is 14.6 Å². The van der Waals surface area contributed by atoms with Crippen LogP contribution in [-0.4, -0.2) is 58.8 Å². The summed E-state index contributed by atoms with van der Waals surface area (Å²) < 4.78 is 11.8. The lowest BCUT2D eigenvalue weighted by Gasteiger charge is -2.29. The molecule has 0 saturated carbocycles. The van der Waals surface area contributed by atoms with E-state index in [1.54, 1.807) is 23.2 Å². The Hall–Kier alpha value is -1.99. The monoisotopic (exact) mass is 347 g/mol. The van der Waals surface area contributed by atoms with Gasteiger partial charge in [0.1, 0.15) is 18.2 Å². The Balaban J connectivity index is 1.81. The maximum Gasteiger partial charge on any atom is 0.256 e. The summed E-state index contributed by atoms with van der Waals surface area (Å²) in [6.07, 6.45) is 4.23. The fourth-order valence-corrected chi connectivity index (χ4v) is 3.40. The van der Waals surface area contributed by atoms with Gasteiger partial charge in [0.15, 0.2) is 5.79 Å². The first-order valence-electron chi connectivity index (χ1n) is 8.77. The van der Waals surface area contributed by atoms with Gasteiger partial charge in [-0.05, 0) is 32.4 Å². The predicted octanol–water partition coefficient (Wildman–Crippen LogP) is 1.34. The van der Waals surface area contributed by atoms with Crippen molar-refractivity contribution in [2.24, 2.45) is 0 Å². The van der Waals surface area contributed by atoms with E-state index in [9.17, 15) is 9.59 Å². The lowest BCUT2D eigenvalue weighted by molar-refractivity contribution is -0.162. The number of ether oxygens (including phenoxy) is 2. The predicted molar refractivity (Wildman–Crippen MR) is 90.8 cm³/mol. The largest absolute Gasteiger partial charge is 0.354 e. The van der Waals surface area contributed by atoms with Gasteiger partial charge < -0.3 is 19.7 Å². The molecule has 1 aromatic heterocycles. The van der Waals surface area contributed by atoms with Crippen LogP contribution in [0.4, 0.5) is 0 Å². The molecule has 0 aromatic carbocycles. The van der Waals surface area contributed by atoms with Crippen molar-refractivity contribution in [2.75, 3.05) is 13.1 Å². The zero-order valence-corrected chi connectivity index (χ0v) is 14.9. The summed E-state index contributed by atoms with van der Waals surface area (Å²) in [5.41, 5.74) is 0.452. The molecule has 2 aliphatic rings. The van der Waals surface area contributed by atoms with Crippen molar-refractivity contribution in [1.29, 1.82) is 0 Å². The van der Waals surface area contributed by atoms with E-state index in [-0.39, 0.29) is 17.9 Å². The Morgan fingerprint density at radius 1 is 1.40 bits per heavy atom. The first kappa shape index (κ1) is 17.8. The summed E-state index contributed by atoms with van der Waals surface area (Å²) in [4.78, 5) is 31.2. The normalized spacial score (nSPS) is 27.2. The average molecular weight is 347 g/mol. The minimum Gasteiger partial charge on any atom is -0.354 e. The van der Waals surface area contributed by atoms with Gasteiger partial charge in [0.05, 0.1) is 12.1 Å². The number of nitrogens with zero attached hydrogens (tertiary/aromatic N) is 2. The molecule has 2 aliphatic heterocycles. The van der Waals surface area contributed by atoms with E-state index in [0.29, 0.717) is 18.7 Å². The number of carbonyl (C=O) groups is 2. The molecular formula is C18H25N3O4. The molecule has 0 aliphatic carbocycles. The van der Waals surface area contributed by atoms with Gasteiger partial charge in [0.25, 0.3) is 5.91 Å². The molecular weight excluding hydrogens is 322 g/mol. The first-order chi connectivity index (χ1) is 11.9. The van der Waals surface area contributed by atoms with Gasteiger partial charge in [0.2, 0.25) is 5.91 Å². The van der Waals surface area contributed by atoms with Crippen LogP contribution < -0.4 is 5.32 Å². The van der Waals surface area contributed by atoms with Crippen LogP contribution in [-0.2, 0) is 14.3 Å². The third kappa shape index (κ3) is 3.67. The van der Waals surface area contributed by atoms with Gasteiger partial charge >= 0.3 is 0 Å². The summed E-state index contributed by atoms with van der Waals surface area (Å²) >= 11 is 0. The van der Waals surface area contributed by atoms with Crippen LogP contribution in [0.5, 0.6) is 0 Å². The summed E-state index contributed by atoms with van der Waals surface area (Å²) in [5, 5.41) is 2.92. The van der Waals surface area contributed by atoms with Crippen molar-refractivity contribution in [3.05, 3.63) is 30.1 Å².